The van der Waals surface area contributed by atoms with Crippen LogP contribution in [0.3, 0.4) is 0 Å². The van der Waals surface area contributed by atoms with E-state index in [0.29, 0.717) is 22.5 Å². The molecule has 1 aliphatic carbocycles. The normalized spacial score (nSPS) is 15.2. The number of hydrogen-bond acceptors (Lipinski definition) is 3. The van der Waals surface area contributed by atoms with E-state index in [9.17, 15) is 0 Å². The van der Waals surface area contributed by atoms with Crippen LogP contribution in [0, 0.1) is 0 Å². The van der Waals surface area contributed by atoms with Gasteiger partial charge in [0.15, 0.2) is 0 Å². The van der Waals surface area contributed by atoms with Crippen molar-refractivity contribution in [3.63, 3.8) is 0 Å². The molecule has 1 fully saturated rings. The van der Waals surface area contributed by atoms with Crippen molar-refractivity contribution >= 4 is 51.0 Å². The fourth-order valence-electron chi connectivity index (χ4n) is 4.27. The number of nitrogens with one attached hydrogen (secondary N) is 2. The molecule has 0 spiro atoms. The number of benzene rings is 2. The molecule has 2 aromatic heterocycles. The van der Waals surface area contributed by atoms with Gasteiger partial charge in [0, 0.05) is 23.4 Å². The Morgan fingerprint density at radius 1 is 0.966 bits per heavy atom. The summed E-state index contributed by atoms with van der Waals surface area (Å²) < 4.78 is 0. The van der Waals surface area contributed by atoms with Crippen LogP contribution in [0.25, 0.3) is 21.9 Å². The summed E-state index contributed by atoms with van der Waals surface area (Å²) in [6.07, 6.45) is 6.15. The van der Waals surface area contributed by atoms with Crippen molar-refractivity contribution in [3.8, 4) is 0 Å². The van der Waals surface area contributed by atoms with Gasteiger partial charge in [0.2, 0.25) is 0 Å². The number of H-pyrrole nitrogens is 1. The molecule has 0 bridgehead atoms. The van der Waals surface area contributed by atoms with Crippen LogP contribution in [0.4, 0.5) is 5.82 Å². The van der Waals surface area contributed by atoms with E-state index >= 15 is 0 Å². The SMILES string of the molecule is Clc1ccc(CNc2nc(C3CCCCC3)nc3[nH]c4ccccc4c23)cc1Cl. The molecule has 0 unspecified atom stereocenters. The predicted molar refractivity (Wildman–Crippen MR) is 121 cm³/mol. The van der Waals surface area contributed by atoms with Gasteiger partial charge >= 0.3 is 0 Å². The number of nitrogens with zero attached hydrogens (tertiary/aromatic N) is 2. The second-order valence-corrected chi connectivity index (χ2v) is 8.58. The molecular formula is C23H22Cl2N4. The third kappa shape index (κ3) is 3.67. The molecule has 1 saturated carbocycles. The summed E-state index contributed by atoms with van der Waals surface area (Å²) in [7, 11) is 0. The second kappa shape index (κ2) is 7.85. The van der Waals surface area contributed by atoms with E-state index in [1.807, 2.05) is 30.3 Å². The van der Waals surface area contributed by atoms with E-state index in [1.165, 1.54) is 19.3 Å². The zero-order valence-corrected chi connectivity index (χ0v) is 17.5. The quantitative estimate of drug-likeness (QED) is 0.367. The van der Waals surface area contributed by atoms with Gasteiger partial charge in [0.1, 0.15) is 17.3 Å². The Kier molecular flexibility index (Phi) is 5.06. The van der Waals surface area contributed by atoms with Crippen LogP contribution in [0.1, 0.15) is 49.4 Å². The van der Waals surface area contributed by atoms with E-state index in [-0.39, 0.29) is 0 Å². The molecule has 29 heavy (non-hydrogen) atoms. The Morgan fingerprint density at radius 3 is 2.62 bits per heavy atom. The Hall–Kier alpha value is -2.30. The summed E-state index contributed by atoms with van der Waals surface area (Å²) >= 11 is 12.2. The first-order chi connectivity index (χ1) is 14.2. The lowest BCUT2D eigenvalue weighted by Gasteiger charge is -2.21. The van der Waals surface area contributed by atoms with Crippen molar-refractivity contribution in [1.29, 1.82) is 0 Å². The van der Waals surface area contributed by atoms with E-state index < -0.39 is 0 Å². The summed E-state index contributed by atoms with van der Waals surface area (Å²) in [5, 5.41) is 6.84. The number of para-hydroxylation sites is 1. The molecule has 0 saturated heterocycles. The first kappa shape index (κ1) is 18.7. The van der Waals surface area contributed by atoms with E-state index in [0.717, 1.165) is 52.0 Å². The fraction of sp³-hybridized carbons (Fsp3) is 0.304. The van der Waals surface area contributed by atoms with Gasteiger partial charge in [-0.3, -0.25) is 0 Å². The molecule has 0 atom stereocenters. The van der Waals surface area contributed by atoms with Gasteiger partial charge < -0.3 is 10.3 Å². The lowest BCUT2D eigenvalue weighted by molar-refractivity contribution is 0.429. The molecule has 0 amide bonds. The zero-order valence-electron chi connectivity index (χ0n) is 16.0. The first-order valence-electron chi connectivity index (χ1n) is 10.2. The first-order valence-corrected chi connectivity index (χ1v) is 10.9. The van der Waals surface area contributed by atoms with Crippen LogP contribution < -0.4 is 5.32 Å². The smallest absolute Gasteiger partial charge is 0.144 e. The minimum Gasteiger partial charge on any atom is -0.365 e. The molecule has 2 heterocycles. The minimum atomic E-state index is 0.435. The molecule has 0 aliphatic heterocycles. The van der Waals surface area contributed by atoms with Crippen LogP contribution in [0.5, 0.6) is 0 Å². The van der Waals surface area contributed by atoms with Gasteiger partial charge in [-0.15, -0.1) is 0 Å². The predicted octanol–water partition coefficient (Wildman–Crippen LogP) is 7.08. The highest BCUT2D eigenvalue weighted by molar-refractivity contribution is 6.42. The van der Waals surface area contributed by atoms with Crippen molar-refractivity contribution < 1.29 is 0 Å². The van der Waals surface area contributed by atoms with Crippen LogP contribution in [-0.2, 0) is 6.54 Å². The third-order valence-corrected chi connectivity index (χ3v) is 6.53. The lowest BCUT2D eigenvalue weighted by atomic mass is 9.88. The highest BCUT2D eigenvalue weighted by Gasteiger charge is 2.21. The summed E-state index contributed by atoms with van der Waals surface area (Å²) in [5.74, 6) is 2.25. The Bertz CT molecular complexity index is 1180. The van der Waals surface area contributed by atoms with Crippen LogP contribution in [0.15, 0.2) is 42.5 Å². The average molecular weight is 425 g/mol. The van der Waals surface area contributed by atoms with E-state index in [2.05, 4.69) is 22.4 Å². The van der Waals surface area contributed by atoms with Crippen molar-refractivity contribution in [3.05, 3.63) is 63.9 Å². The molecule has 4 nitrogen and oxygen atoms in total. The number of aromatic amines is 1. The topological polar surface area (TPSA) is 53.6 Å². The summed E-state index contributed by atoms with van der Waals surface area (Å²) in [6.45, 7) is 0.618. The average Bonchev–Trinajstić information content (AvgIpc) is 3.13. The van der Waals surface area contributed by atoms with E-state index in [4.69, 9.17) is 33.2 Å². The van der Waals surface area contributed by atoms with Gasteiger partial charge in [-0.05, 0) is 36.6 Å². The summed E-state index contributed by atoms with van der Waals surface area (Å²) in [6, 6.07) is 14.0. The van der Waals surface area contributed by atoms with Crippen molar-refractivity contribution in [2.24, 2.45) is 0 Å². The standard InChI is InChI=1S/C23H22Cl2N4/c24-17-11-10-14(12-18(17)25)13-26-22-20-16-8-4-5-9-19(16)27-23(20)29-21(28-22)15-6-2-1-3-7-15/h4-5,8-12,15H,1-3,6-7,13H2,(H2,26,27,28,29). The minimum absolute atomic E-state index is 0.435. The molecule has 0 radical (unpaired) electrons. The largest absolute Gasteiger partial charge is 0.365 e. The van der Waals surface area contributed by atoms with Gasteiger partial charge in [0.25, 0.3) is 0 Å². The Labute approximate surface area is 179 Å². The van der Waals surface area contributed by atoms with E-state index in [1.54, 1.807) is 0 Å². The third-order valence-electron chi connectivity index (χ3n) is 5.79. The van der Waals surface area contributed by atoms with Crippen molar-refractivity contribution in [2.75, 3.05) is 5.32 Å². The number of hydrogen-bond donors (Lipinski definition) is 2. The highest BCUT2D eigenvalue weighted by Crippen LogP contribution is 2.35. The number of fused-ring (bicyclic) bond motifs is 3. The number of rotatable bonds is 4. The lowest BCUT2D eigenvalue weighted by Crippen LogP contribution is -2.11. The van der Waals surface area contributed by atoms with Gasteiger partial charge in [0.05, 0.1) is 15.4 Å². The Morgan fingerprint density at radius 2 is 1.79 bits per heavy atom. The summed E-state index contributed by atoms with van der Waals surface area (Å²) in [5.41, 5.74) is 3.04. The van der Waals surface area contributed by atoms with Crippen LogP contribution in [0.2, 0.25) is 10.0 Å². The fourth-order valence-corrected chi connectivity index (χ4v) is 4.59. The van der Waals surface area contributed by atoms with Gasteiger partial charge in [-0.2, -0.15) is 0 Å². The second-order valence-electron chi connectivity index (χ2n) is 7.76. The molecule has 2 N–H and O–H groups in total. The van der Waals surface area contributed by atoms with Crippen LogP contribution >= 0.6 is 23.2 Å². The maximum Gasteiger partial charge on any atom is 0.144 e. The van der Waals surface area contributed by atoms with Crippen LogP contribution in [-0.4, -0.2) is 15.0 Å². The monoisotopic (exact) mass is 424 g/mol. The molecular weight excluding hydrogens is 403 g/mol. The molecule has 5 rings (SSSR count). The highest BCUT2D eigenvalue weighted by atomic mass is 35.5. The maximum absolute atomic E-state index is 6.19. The molecule has 1 aliphatic rings. The van der Waals surface area contributed by atoms with Gasteiger partial charge in [-0.25, -0.2) is 9.97 Å². The number of aromatic nitrogens is 3. The van der Waals surface area contributed by atoms with Crippen molar-refractivity contribution in [1.82, 2.24) is 15.0 Å². The number of anilines is 1. The van der Waals surface area contributed by atoms with Gasteiger partial charge in [-0.1, -0.05) is 66.7 Å². The molecule has 4 aromatic rings. The summed E-state index contributed by atoms with van der Waals surface area (Å²) in [4.78, 5) is 13.4. The number of halogens is 2. The maximum atomic E-state index is 6.19. The van der Waals surface area contributed by atoms with Crippen molar-refractivity contribution in [2.45, 2.75) is 44.6 Å². The zero-order chi connectivity index (χ0) is 19.8. The molecule has 2 aromatic carbocycles. The molecule has 148 valence electrons. The molecule has 6 heteroatoms. The Balaban J connectivity index is 1.57.